The maximum absolute atomic E-state index is 11.9. The Morgan fingerprint density at radius 2 is 2.15 bits per heavy atom. The van der Waals surface area contributed by atoms with Gasteiger partial charge in [0.2, 0.25) is 12.7 Å². The molecule has 1 atom stereocenters. The zero-order valence-electron chi connectivity index (χ0n) is 11.1. The molecule has 6 heteroatoms. The Hall–Kier alpha value is -1.79. The summed E-state index contributed by atoms with van der Waals surface area (Å²) >= 11 is 0. The van der Waals surface area contributed by atoms with Crippen LogP contribution in [0.1, 0.15) is 5.56 Å². The van der Waals surface area contributed by atoms with Crippen LogP contribution in [-0.4, -0.2) is 45.2 Å². The molecule has 0 bridgehead atoms. The van der Waals surface area contributed by atoms with Crippen molar-refractivity contribution in [3.63, 3.8) is 0 Å². The Kier molecular flexibility index (Phi) is 4.03. The Morgan fingerprint density at radius 3 is 3.00 bits per heavy atom. The highest BCUT2D eigenvalue weighted by Gasteiger charge is 2.17. The van der Waals surface area contributed by atoms with Gasteiger partial charge >= 0.3 is 0 Å². The Morgan fingerprint density at radius 1 is 1.25 bits per heavy atom. The third-order valence-corrected chi connectivity index (χ3v) is 3.21. The molecule has 1 N–H and O–H groups in total. The van der Waals surface area contributed by atoms with Gasteiger partial charge in [-0.15, -0.1) is 0 Å². The van der Waals surface area contributed by atoms with Gasteiger partial charge in [0.05, 0.1) is 32.3 Å². The maximum atomic E-state index is 11.9. The van der Waals surface area contributed by atoms with Gasteiger partial charge in [-0.3, -0.25) is 4.79 Å². The first-order valence-corrected chi connectivity index (χ1v) is 6.66. The average molecular weight is 279 g/mol. The molecule has 1 fully saturated rings. The highest BCUT2D eigenvalue weighted by atomic mass is 16.7. The van der Waals surface area contributed by atoms with E-state index in [0.29, 0.717) is 38.5 Å². The second kappa shape index (κ2) is 6.11. The molecule has 0 aromatic heterocycles. The predicted molar refractivity (Wildman–Crippen MR) is 69.8 cm³/mol. The zero-order valence-corrected chi connectivity index (χ0v) is 11.1. The molecule has 0 unspecified atom stereocenters. The SMILES string of the molecule is O=C(Cc1ccc2c(c1)OCO2)NC[C@H]1COCCO1. The Balaban J connectivity index is 1.48. The molecule has 2 aliphatic heterocycles. The van der Waals surface area contributed by atoms with E-state index in [9.17, 15) is 4.79 Å². The van der Waals surface area contributed by atoms with Crippen molar-refractivity contribution in [1.82, 2.24) is 5.32 Å². The van der Waals surface area contributed by atoms with Crippen LogP contribution in [0.4, 0.5) is 0 Å². The number of benzene rings is 1. The lowest BCUT2D eigenvalue weighted by atomic mass is 10.1. The first kappa shape index (κ1) is 13.2. The number of amides is 1. The summed E-state index contributed by atoms with van der Waals surface area (Å²) in [5.74, 6) is 1.37. The van der Waals surface area contributed by atoms with Gasteiger partial charge in [-0.05, 0) is 17.7 Å². The molecule has 20 heavy (non-hydrogen) atoms. The number of carbonyl (C=O) groups is 1. The van der Waals surface area contributed by atoms with Crippen molar-refractivity contribution in [2.45, 2.75) is 12.5 Å². The van der Waals surface area contributed by atoms with E-state index >= 15 is 0 Å². The van der Waals surface area contributed by atoms with Crippen molar-refractivity contribution >= 4 is 5.91 Å². The second-order valence-corrected chi connectivity index (χ2v) is 4.74. The van der Waals surface area contributed by atoms with Gasteiger partial charge < -0.3 is 24.3 Å². The number of ether oxygens (including phenoxy) is 4. The average Bonchev–Trinajstić information content (AvgIpc) is 2.94. The fourth-order valence-corrected chi connectivity index (χ4v) is 2.18. The van der Waals surface area contributed by atoms with Crippen LogP contribution in [0.15, 0.2) is 18.2 Å². The van der Waals surface area contributed by atoms with Crippen molar-refractivity contribution in [2.75, 3.05) is 33.2 Å². The summed E-state index contributed by atoms with van der Waals surface area (Å²) in [4.78, 5) is 11.9. The van der Waals surface area contributed by atoms with Gasteiger partial charge in [-0.1, -0.05) is 6.07 Å². The van der Waals surface area contributed by atoms with E-state index in [4.69, 9.17) is 18.9 Å². The van der Waals surface area contributed by atoms with Gasteiger partial charge in [-0.25, -0.2) is 0 Å². The molecule has 1 amide bonds. The summed E-state index contributed by atoms with van der Waals surface area (Å²) in [5, 5.41) is 2.85. The number of nitrogens with one attached hydrogen (secondary N) is 1. The maximum Gasteiger partial charge on any atom is 0.231 e. The summed E-state index contributed by atoms with van der Waals surface area (Å²) in [6, 6.07) is 5.53. The number of fused-ring (bicyclic) bond motifs is 1. The van der Waals surface area contributed by atoms with E-state index in [-0.39, 0.29) is 18.8 Å². The minimum Gasteiger partial charge on any atom is -0.454 e. The van der Waals surface area contributed by atoms with Gasteiger partial charge in [0.15, 0.2) is 11.5 Å². The van der Waals surface area contributed by atoms with Crippen molar-refractivity contribution in [3.05, 3.63) is 23.8 Å². The molecule has 108 valence electrons. The van der Waals surface area contributed by atoms with Crippen LogP contribution in [0.2, 0.25) is 0 Å². The third kappa shape index (κ3) is 3.20. The quantitative estimate of drug-likeness (QED) is 0.869. The second-order valence-electron chi connectivity index (χ2n) is 4.74. The smallest absolute Gasteiger partial charge is 0.231 e. The minimum atomic E-state index is -0.0514. The van der Waals surface area contributed by atoms with Gasteiger partial charge in [-0.2, -0.15) is 0 Å². The lowest BCUT2D eigenvalue weighted by Gasteiger charge is -2.23. The summed E-state index contributed by atoms with van der Waals surface area (Å²) in [6.45, 7) is 2.46. The summed E-state index contributed by atoms with van der Waals surface area (Å²) in [7, 11) is 0. The van der Waals surface area contributed by atoms with Gasteiger partial charge in [0.1, 0.15) is 0 Å². The molecular weight excluding hydrogens is 262 g/mol. The van der Waals surface area contributed by atoms with E-state index in [2.05, 4.69) is 5.32 Å². The molecule has 2 heterocycles. The molecule has 2 aliphatic rings. The van der Waals surface area contributed by atoms with Crippen LogP contribution < -0.4 is 14.8 Å². The highest BCUT2D eigenvalue weighted by Crippen LogP contribution is 2.32. The molecular formula is C14H17NO5. The summed E-state index contributed by atoms with van der Waals surface area (Å²) < 4.78 is 21.3. The van der Waals surface area contributed by atoms with E-state index in [1.807, 2.05) is 18.2 Å². The molecule has 3 rings (SSSR count). The highest BCUT2D eigenvalue weighted by molar-refractivity contribution is 5.78. The fraction of sp³-hybridized carbons (Fsp3) is 0.500. The molecule has 1 aromatic rings. The van der Waals surface area contributed by atoms with Crippen LogP contribution in [0.3, 0.4) is 0 Å². The van der Waals surface area contributed by atoms with E-state index in [1.165, 1.54) is 0 Å². The van der Waals surface area contributed by atoms with Crippen molar-refractivity contribution in [3.8, 4) is 11.5 Å². The van der Waals surface area contributed by atoms with Crippen molar-refractivity contribution in [2.24, 2.45) is 0 Å². The van der Waals surface area contributed by atoms with Crippen LogP contribution in [0, 0.1) is 0 Å². The molecule has 0 radical (unpaired) electrons. The van der Waals surface area contributed by atoms with Crippen molar-refractivity contribution < 1.29 is 23.7 Å². The summed E-state index contributed by atoms with van der Waals surface area (Å²) in [6.07, 6.45) is 0.258. The summed E-state index contributed by atoms with van der Waals surface area (Å²) in [5.41, 5.74) is 0.896. The van der Waals surface area contributed by atoms with Crippen LogP contribution >= 0.6 is 0 Å². The zero-order chi connectivity index (χ0) is 13.8. The van der Waals surface area contributed by atoms with Crippen molar-refractivity contribution in [1.29, 1.82) is 0 Å². The molecule has 1 aromatic carbocycles. The number of carbonyl (C=O) groups excluding carboxylic acids is 1. The molecule has 6 nitrogen and oxygen atoms in total. The standard InChI is InChI=1S/C14H17NO5/c16-14(15-7-11-8-17-3-4-18-11)6-10-1-2-12-13(5-10)20-9-19-12/h1-2,5,11H,3-4,6-9H2,(H,15,16)/t11-/m0/s1. The lowest BCUT2D eigenvalue weighted by Crippen LogP contribution is -2.40. The van der Waals surface area contributed by atoms with Crippen LogP contribution in [-0.2, 0) is 20.7 Å². The number of hydrogen-bond donors (Lipinski definition) is 1. The fourth-order valence-electron chi connectivity index (χ4n) is 2.18. The third-order valence-electron chi connectivity index (χ3n) is 3.21. The predicted octanol–water partition coefficient (Wildman–Crippen LogP) is 0.489. The monoisotopic (exact) mass is 279 g/mol. The topological polar surface area (TPSA) is 66.0 Å². The van der Waals surface area contributed by atoms with E-state index in [1.54, 1.807) is 0 Å². The molecule has 0 spiro atoms. The van der Waals surface area contributed by atoms with E-state index in [0.717, 1.165) is 11.3 Å². The van der Waals surface area contributed by atoms with Gasteiger partial charge in [0.25, 0.3) is 0 Å². The molecule has 0 saturated carbocycles. The largest absolute Gasteiger partial charge is 0.454 e. The molecule has 0 aliphatic carbocycles. The molecule has 1 saturated heterocycles. The van der Waals surface area contributed by atoms with E-state index < -0.39 is 0 Å². The minimum absolute atomic E-state index is 0.0435. The number of rotatable bonds is 4. The number of hydrogen-bond acceptors (Lipinski definition) is 5. The lowest BCUT2D eigenvalue weighted by molar-refractivity contribution is -0.123. The first-order chi connectivity index (χ1) is 9.81. The van der Waals surface area contributed by atoms with Crippen LogP contribution in [0.5, 0.6) is 11.5 Å². The van der Waals surface area contributed by atoms with Gasteiger partial charge in [0, 0.05) is 6.54 Å². The van der Waals surface area contributed by atoms with Crippen LogP contribution in [0.25, 0.3) is 0 Å². The normalized spacial score (nSPS) is 20.7. The Labute approximate surface area is 117 Å². The first-order valence-electron chi connectivity index (χ1n) is 6.66. The Bertz CT molecular complexity index is 484.